The number of aldehydes is 1. The fraction of sp³-hybridized carbons (Fsp3) is 0.350. The summed E-state index contributed by atoms with van der Waals surface area (Å²) in [5.74, 6) is 0.379. The maximum absolute atomic E-state index is 10.9. The Labute approximate surface area is 131 Å². The average Bonchev–Trinajstić information content (AvgIpc) is 2.90. The normalized spacial score (nSPS) is 18.3. The Bertz CT molecular complexity index is 772. The monoisotopic (exact) mass is 294 g/mol. The van der Waals surface area contributed by atoms with Crippen molar-refractivity contribution in [3.63, 3.8) is 0 Å². The molecular weight excluding hydrogens is 272 g/mol. The van der Waals surface area contributed by atoms with Crippen LogP contribution in [0.3, 0.4) is 0 Å². The quantitative estimate of drug-likeness (QED) is 0.671. The smallest absolute Gasteiger partial charge is 0.185 e. The summed E-state index contributed by atoms with van der Waals surface area (Å²) in [6.07, 6.45) is 8.85. The van der Waals surface area contributed by atoms with E-state index in [-0.39, 0.29) is 5.41 Å². The number of furan rings is 1. The number of fused-ring (bicyclic) bond motifs is 1. The molecule has 2 nitrogen and oxygen atoms in total. The van der Waals surface area contributed by atoms with E-state index in [1.54, 1.807) is 0 Å². The molecule has 0 radical (unpaired) electrons. The van der Waals surface area contributed by atoms with Gasteiger partial charge in [0, 0.05) is 5.39 Å². The van der Waals surface area contributed by atoms with Gasteiger partial charge in [0.15, 0.2) is 12.0 Å². The van der Waals surface area contributed by atoms with Crippen molar-refractivity contribution >= 4 is 23.3 Å². The number of allylic oxidation sites excluding steroid dienone is 3. The van der Waals surface area contributed by atoms with Gasteiger partial charge >= 0.3 is 0 Å². The van der Waals surface area contributed by atoms with Gasteiger partial charge < -0.3 is 4.42 Å². The molecule has 0 fully saturated rings. The fourth-order valence-corrected chi connectivity index (χ4v) is 3.49. The zero-order valence-corrected chi connectivity index (χ0v) is 13.5. The van der Waals surface area contributed by atoms with Gasteiger partial charge in [-0.05, 0) is 54.9 Å². The van der Waals surface area contributed by atoms with Crippen LogP contribution < -0.4 is 0 Å². The second kappa shape index (κ2) is 5.60. The van der Waals surface area contributed by atoms with Crippen molar-refractivity contribution < 1.29 is 9.21 Å². The van der Waals surface area contributed by atoms with E-state index in [2.05, 4.69) is 39.0 Å². The SMILES string of the molecule is CC1=C(/C=C/c2cccc3oc(C=O)cc23)C(C)(C)CCC1. The Morgan fingerprint density at radius 1 is 1.23 bits per heavy atom. The molecule has 0 saturated carbocycles. The Morgan fingerprint density at radius 2 is 2.05 bits per heavy atom. The van der Waals surface area contributed by atoms with Crippen LogP contribution in [0.5, 0.6) is 0 Å². The molecule has 0 N–H and O–H groups in total. The van der Waals surface area contributed by atoms with Gasteiger partial charge in [0.25, 0.3) is 0 Å². The minimum Gasteiger partial charge on any atom is -0.453 e. The highest BCUT2D eigenvalue weighted by molar-refractivity contribution is 5.91. The largest absolute Gasteiger partial charge is 0.453 e. The van der Waals surface area contributed by atoms with E-state index >= 15 is 0 Å². The maximum Gasteiger partial charge on any atom is 0.185 e. The number of carbonyl (C=O) groups excluding carboxylic acids is 1. The Kier molecular flexibility index (Phi) is 3.78. The number of benzene rings is 1. The van der Waals surface area contributed by atoms with E-state index < -0.39 is 0 Å². The molecular formula is C20H22O2. The second-order valence-corrected chi connectivity index (χ2v) is 6.79. The third-order valence-electron chi connectivity index (χ3n) is 4.70. The predicted molar refractivity (Wildman–Crippen MR) is 91.0 cm³/mol. The van der Waals surface area contributed by atoms with Crippen molar-refractivity contribution in [2.24, 2.45) is 5.41 Å². The first kappa shape index (κ1) is 14.8. The van der Waals surface area contributed by atoms with E-state index in [4.69, 9.17) is 4.42 Å². The summed E-state index contributed by atoms with van der Waals surface area (Å²) in [5.41, 5.74) is 5.01. The van der Waals surface area contributed by atoms with Gasteiger partial charge in [-0.3, -0.25) is 4.79 Å². The molecule has 2 aromatic rings. The molecule has 0 atom stereocenters. The van der Waals surface area contributed by atoms with Crippen LogP contribution in [-0.4, -0.2) is 6.29 Å². The van der Waals surface area contributed by atoms with Gasteiger partial charge in [-0.15, -0.1) is 0 Å². The molecule has 0 unspecified atom stereocenters. The standard InChI is InChI=1S/C20H22O2/c1-14-6-5-11-20(2,3)18(14)10-9-15-7-4-8-19-17(15)12-16(13-21)22-19/h4,7-10,12-13H,5-6,11H2,1-3H3/b10-9+. The van der Waals surface area contributed by atoms with Crippen LogP contribution in [0.25, 0.3) is 17.0 Å². The summed E-state index contributed by atoms with van der Waals surface area (Å²) >= 11 is 0. The topological polar surface area (TPSA) is 30.2 Å². The van der Waals surface area contributed by atoms with Gasteiger partial charge in [-0.2, -0.15) is 0 Å². The van der Waals surface area contributed by atoms with Crippen molar-refractivity contribution in [3.8, 4) is 0 Å². The van der Waals surface area contributed by atoms with Crippen molar-refractivity contribution in [2.45, 2.75) is 40.0 Å². The summed E-state index contributed by atoms with van der Waals surface area (Å²) in [7, 11) is 0. The van der Waals surface area contributed by atoms with Crippen LogP contribution in [0.15, 0.2) is 45.9 Å². The molecule has 22 heavy (non-hydrogen) atoms. The molecule has 0 aliphatic heterocycles. The van der Waals surface area contributed by atoms with E-state index in [0.29, 0.717) is 5.76 Å². The van der Waals surface area contributed by atoms with Crippen LogP contribution >= 0.6 is 0 Å². The molecule has 1 aliphatic carbocycles. The molecule has 1 aromatic carbocycles. The average molecular weight is 294 g/mol. The predicted octanol–water partition coefficient (Wildman–Crippen LogP) is 5.79. The van der Waals surface area contributed by atoms with E-state index in [1.165, 1.54) is 30.4 Å². The van der Waals surface area contributed by atoms with Gasteiger partial charge in [0.2, 0.25) is 0 Å². The van der Waals surface area contributed by atoms with Crippen LogP contribution in [-0.2, 0) is 0 Å². The van der Waals surface area contributed by atoms with Crippen molar-refractivity contribution in [3.05, 3.63) is 52.8 Å². The van der Waals surface area contributed by atoms with Crippen LogP contribution in [0.1, 0.15) is 56.2 Å². The summed E-state index contributed by atoms with van der Waals surface area (Å²) < 4.78 is 5.50. The minimum absolute atomic E-state index is 0.233. The van der Waals surface area contributed by atoms with Crippen molar-refractivity contribution in [2.75, 3.05) is 0 Å². The van der Waals surface area contributed by atoms with Crippen LogP contribution in [0.4, 0.5) is 0 Å². The molecule has 3 rings (SSSR count). The zero-order chi connectivity index (χ0) is 15.7. The van der Waals surface area contributed by atoms with E-state index in [9.17, 15) is 4.79 Å². The summed E-state index contributed by atoms with van der Waals surface area (Å²) in [6.45, 7) is 6.88. The molecule has 1 aromatic heterocycles. The number of hydrogen-bond acceptors (Lipinski definition) is 2. The molecule has 0 bridgehead atoms. The van der Waals surface area contributed by atoms with Crippen molar-refractivity contribution in [1.29, 1.82) is 0 Å². The van der Waals surface area contributed by atoms with Gasteiger partial charge in [0.1, 0.15) is 5.58 Å². The third kappa shape index (κ3) is 2.66. The zero-order valence-electron chi connectivity index (χ0n) is 13.5. The first-order chi connectivity index (χ1) is 10.5. The van der Waals surface area contributed by atoms with Crippen LogP contribution in [0, 0.1) is 5.41 Å². The lowest BCUT2D eigenvalue weighted by atomic mass is 9.72. The maximum atomic E-state index is 10.9. The second-order valence-electron chi connectivity index (χ2n) is 6.79. The molecule has 0 amide bonds. The van der Waals surface area contributed by atoms with Crippen LogP contribution in [0.2, 0.25) is 0 Å². The molecule has 114 valence electrons. The molecule has 2 heteroatoms. The van der Waals surface area contributed by atoms with Gasteiger partial charge in [-0.1, -0.05) is 43.7 Å². The van der Waals surface area contributed by atoms with E-state index in [0.717, 1.165) is 22.8 Å². The number of carbonyl (C=O) groups is 1. The number of hydrogen-bond donors (Lipinski definition) is 0. The van der Waals surface area contributed by atoms with Crippen molar-refractivity contribution in [1.82, 2.24) is 0 Å². The Balaban J connectivity index is 2.02. The highest BCUT2D eigenvalue weighted by Crippen LogP contribution is 2.41. The Morgan fingerprint density at radius 3 is 2.77 bits per heavy atom. The lowest BCUT2D eigenvalue weighted by Crippen LogP contribution is -2.18. The molecule has 0 saturated heterocycles. The summed E-state index contributed by atoms with van der Waals surface area (Å²) in [5, 5.41) is 0.993. The lowest BCUT2D eigenvalue weighted by molar-refractivity contribution is 0.110. The number of rotatable bonds is 3. The molecule has 0 spiro atoms. The summed E-state index contributed by atoms with van der Waals surface area (Å²) in [4.78, 5) is 10.9. The molecule has 1 heterocycles. The summed E-state index contributed by atoms with van der Waals surface area (Å²) in [6, 6.07) is 7.74. The Hall–Kier alpha value is -2.09. The fourth-order valence-electron chi connectivity index (χ4n) is 3.49. The minimum atomic E-state index is 0.233. The first-order valence-corrected chi connectivity index (χ1v) is 7.87. The highest BCUT2D eigenvalue weighted by Gasteiger charge is 2.26. The van der Waals surface area contributed by atoms with Gasteiger partial charge in [-0.25, -0.2) is 0 Å². The first-order valence-electron chi connectivity index (χ1n) is 7.87. The molecule has 1 aliphatic rings. The van der Waals surface area contributed by atoms with E-state index in [1.807, 2.05) is 18.2 Å². The lowest BCUT2D eigenvalue weighted by Gasteiger charge is -2.32. The highest BCUT2D eigenvalue weighted by atomic mass is 16.3. The third-order valence-corrected chi connectivity index (χ3v) is 4.70. The van der Waals surface area contributed by atoms with Gasteiger partial charge in [0.05, 0.1) is 0 Å².